The van der Waals surface area contributed by atoms with Crippen molar-refractivity contribution in [1.82, 2.24) is 20.0 Å². The molecule has 0 N–H and O–H groups in total. The Hall–Kier alpha value is -2.51. The van der Waals surface area contributed by atoms with Crippen LogP contribution in [0.2, 0.25) is 0 Å². The molecule has 8 nitrogen and oxygen atoms in total. The highest BCUT2D eigenvalue weighted by Crippen LogP contribution is 2.34. The van der Waals surface area contributed by atoms with Gasteiger partial charge in [0, 0.05) is 32.5 Å². The summed E-state index contributed by atoms with van der Waals surface area (Å²) in [7, 11) is 1.75. The molecule has 1 atom stereocenters. The van der Waals surface area contributed by atoms with Crippen molar-refractivity contribution in [1.29, 1.82) is 0 Å². The number of carbonyl (C=O) groups is 2. The zero-order valence-electron chi connectivity index (χ0n) is 14.1. The van der Waals surface area contributed by atoms with Crippen LogP contribution < -0.4 is 0 Å². The summed E-state index contributed by atoms with van der Waals surface area (Å²) in [6, 6.07) is 1.73. The maximum absolute atomic E-state index is 12.5. The molecular formula is C16H21N5O3. The predicted octanol–water partition coefficient (Wildman–Crippen LogP) is 0.704. The summed E-state index contributed by atoms with van der Waals surface area (Å²) in [5, 5.41) is 11.4. The second-order valence-electron chi connectivity index (χ2n) is 6.61. The molecule has 3 rings (SSSR count). The Morgan fingerprint density at radius 1 is 1.38 bits per heavy atom. The third-order valence-electron chi connectivity index (χ3n) is 4.62. The van der Waals surface area contributed by atoms with Crippen molar-refractivity contribution in [2.24, 2.45) is 5.16 Å². The Kier molecular flexibility index (Phi) is 4.21. The molecular weight excluding hydrogens is 310 g/mol. The van der Waals surface area contributed by atoms with Crippen LogP contribution in [0.3, 0.4) is 0 Å². The van der Waals surface area contributed by atoms with E-state index in [0.29, 0.717) is 37.2 Å². The van der Waals surface area contributed by atoms with E-state index >= 15 is 0 Å². The van der Waals surface area contributed by atoms with Gasteiger partial charge in [-0.05, 0) is 19.9 Å². The van der Waals surface area contributed by atoms with E-state index in [1.165, 1.54) is 12.4 Å². The zero-order chi connectivity index (χ0) is 17.3. The van der Waals surface area contributed by atoms with Gasteiger partial charge in [-0.25, -0.2) is 0 Å². The van der Waals surface area contributed by atoms with Crippen LogP contribution in [0, 0.1) is 0 Å². The SMILES string of the molecule is CC(C)N(C)C(=O)C1=NO[C@@]2(CCN(C(=O)c3ccnnc3)C2)C1. The Labute approximate surface area is 140 Å². The van der Waals surface area contributed by atoms with Crippen molar-refractivity contribution in [2.45, 2.75) is 38.3 Å². The maximum Gasteiger partial charge on any atom is 0.271 e. The molecule has 0 bridgehead atoms. The van der Waals surface area contributed by atoms with Gasteiger partial charge in [-0.2, -0.15) is 10.2 Å². The summed E-state index contributed by atoms with van der Waals surface area (Å²) in [5.74, 6) is -0.227. The van der Waals surface area contributed by atoms with Gasteiger partial charge in [0.2, 0.25) is 0 Å². The monoisotopic (exact) mass is 331 g/mol. The lowest BCUT2D eigenvalue weighted by molar-refractivity contribution is -0.124. The van der Waals surface area contributed by atoms with Crippen LogP contribution in [-0.4, -0.2) is 69.3 Å². The van der Waals surface area contributed by atoms with Crippen molar-refractivity contribution in [3.8, 4) is 0 Å². The molecule has 8 heteroatoms. The highest BCUT2D eigenvalue weighted by Gasteiger charge is 2.48. The standard InChI is InChI=1S/C16H21N5O3/c1-11(2)20(3)15(23)13-8-16(24-19-13)5-7-21(10-16)14(22)12-4-6-17-18-9-12/h4,6,9,11H,5,7-8,10H2,1-3H3/t16-/m0/s1. The number of aromatic nitrogens is 2. The van der Waals surface area contributed by atoms with Crippen LogP contribution >= 0.6 is 0 Å². The first-order chi connectivity index (χ1) is 11.4. The van der Waals surface area contributed by atoms with Crippen LogP contribution in [0.15, 0.2) is 23.6 Å². The summed E-state index contributed by atoms with van der Waals surface area (Å²) in [4.78, 5) is 33.8. The fourth-order valence-electron chi connectivity index (χ4n) is 2.91. The first-order valence-corrected chi connectivity index (χ1v) is 8.00. The van der Waals surface area contributed by atoms with Crippen LogP contribution in [0.25, 0.3) is 0 Å². The minimum absolute atomic E-state index is 0.0950. The van der Waals surface area contributed by atoms with Gasteiger partial charge >= 0.3 is 0 Å². The molecule has 2 aliphatic heterocycles. The average Bonchev–Trinajstić information content (AvgIpc) is 3.21. The van der Waals surface area contributed by atoms with Crippen molar-refractivity contribution in [2.75, 3.05) is 20.1 Å². The number of amides is 2. The van der Waals surface area contributed by atoms with Crippen molar-refractivity contribution >= 4 is 17.5 Å². The minimum Gasteiger partial charge on any atom is -0.386 e. The predicted molar refractivity (Wildman–Crippen MR) is 86.3 cm³/mol. The van der Waals surface area contributed by atoms with E-state index in [1.807, 2.05) is 13.8 Å². The molecule has 2 amide bonds. The highest BCUT2D eigenvalue weighted by molar-refractivity contribution is 6.39. The van der Waals surface area contributed by atoms with Gasteiger partial charge in [-0.1, -0.05) is 5.16 Å². The molecule has 0 saturated carbocycles. The first-order valence-electron chi connectivity index (χ1n) is 8.00. The van der Waals surface area contributed by atoms with Crippen LogP contribution in [0.1, 0.15) is 37.0 Å². The largest absolute Gasteiger partial charge is 0.386 e. The number of nitrogens with zero attached hydrogens (tertiary/aromatic N) is 5. The quantitative estimate of drug-likeness (QED) is 0.814. The Bertz CT molecular complexity index is 676. The number of hydrogen-bond acceptors (Lipinski definition) is 6. The lowest BCUT2D eigenvalue weighted by atomic mass is 9.96. The lowest BCUT2D eigenvalue weighted by Crippen LogP contribution is -2.40. The smallest absolute Gasteiger partial charge is 0.271 e. The van der Waals surface area contributed by atoms with Gasteiger partial charge < -0.3 is 14.6 Å². The van der Waals surface area contributed by atoms with E-state index < -0.39 is 5.60 Å². The van der Waals surface area contributed by atoms with E-state index in [9.17, 15) is 9.59 Å². The van der Waals surface area contributed by atoms with E-state index in [-0.39, 0.29) is 17.9 Å². The van der Waals surface area contributed by atoms with Gasteiger partial charge in [0.05, 0.1) is 24.5 Å². The van der Waals surface area contributed by atoms with Crippen LogP contribution in [-0.2, 0) is 9.63 Å². The molecule has 1 aromatic rings. The van der Waals surface area contributed by atoms with E-state index in [4.69, 9.17) is 4.84 Å². The fraction of sp³-hybridized carbons (Fsp3) is 0.562. The first kappa shape index (κ1) is 16.4. The third kappa shape index (κ3) is 2.95. The molecule has 1 fully saturated rings. The Balaban J connectivity index is 1.64. The average molecular weight is 331 g/mol. The number of carbonyl (C=O) groups excluding carboxylic acids is 2. The van der Waals surface area contributed by atoms with Gasteiger partial charge in [-0.15, -0.1) is 0 Å². The van der Waals surface area contributed by atoms with Crippen LogP contribution in [0.5, 0.6) is 0 Å². The third-order valence-corrected chi connectivity index (χ3v) is 4.62. The van der Waals surface area contributed by atoms with Crippen LogP contribution in [0.4, 0.5) is 0 Å². The summed E-state index contributed by atoms with van der Waals surface area (Å²) in [6.07, 6.45) is 4.03. The fourth-order valence-corrected chi connectivity index (χ4v) is 2.91. The van der Waals surface area contributed by atoms with E-state index in [1.54, 1.807) is 22.9 Å². The Morgan fingerprint density at radius 2 is 2.17 bits per heavy atom. The molecule has 3 heterocycles. The molecule has 0 aliphatic carbocycles. The van der Waals surface area contributed by atoms with Crippen molar-refractivity contribution < 1.29 is 14.4 Å². The molecule has 24 heavy (non-hydrogen) atoms. The summed E-state index contributed by atoms with van der Waals surface area (Å²) in [5.41, 5.74) is 0.335. The van der Waals surface area contributed by atoms with Gasteiger partial charge in [0.1, 0.15) is 5.71 Å². The normalized spacial score (nSPS) is 22.7. The topological polar surface area (TPSA) is 88.0 Å². The number of hydrogen-bond donors (Lipinski definition) is 0. The minimum atomic E-state index is -0.584. The molecule has 0 radical (unpaired) electrons. The molecule has 1 spiro atoms. The number of rotatable bonds is 3. The number of oxime groups is 1. The highest BCUT2D eigenvalue weighted by atomic mass is 16.7. The molecule has 0 aromatic carbocycles. The zero-order valence-corrected chi connectivity index (χ0v) is 14.1. The van der Waals surface area contributed by atoms with Crippen molar-refractivity contribution in [3.05, 3.63) is 24.0 Å². The summed E-state index contributed by atoms with van der Waals surface area (Å²) >= 11 is 0. The summed E-state index contributed by atoms with van der Waals surface area (Å²) < 4.78 is 0. The summed E-state index contributed by atoms with van der Waals surface area (Å²) in [6.45, 7) is 4.88. The van der Waals surface area contributed by atoms with Gasteiger partial charge in [-0.3, -0.25) is 9.59 Å². The molecule has 1 aromatic heterocycles. The van der Waals surface area contributed by atoms with Gasteiger partial charge in [0.15, 0.2) is 5.60 Å². The maximum atomic E-state index is 12.5. The molecule has 2 aliphatic rings. The Morgan fingerprint density at radius 3 is 2.83 bits per heavy atom. The van der Waals surface area contributed by atoms with Gasteiger partial charge in [0.25, 0.3) is 11.8 Å². The molecule has 128 valence electrons. The number of likely N-dealkylation sites (tertiary alicyclic amines) is 1. The van der Waals surface area contributed by atoms with E-state index in [2.05, 4.69) is 15.4 Å². The molecule has 1 saturated heterocycles. The van der Waals surface area contributed by atoms with Crippen molar-refractivity contribution in [3.63, 3.8) is 0 Å². The van der Waals surface area contributed by atoms with E-state index in [0.717, 1.165) is 0 Å². The lowest BCUT2D eigenvalue weighted by Gasteiger charge is -2.23. The second-order valence-corrected chi connectivity index (χ2v) is 6.61. The second kappa shape index (κ2) is 6.18. The molecule has 0 unspecified atom stereocenters.